The van der Waals surface area contributed by atoms with Crippen LogP contribution in [0.1, 0.15) is 25.0 Å². The number of rotatable bonds is 6. The first-order valence-electron chi connectivity index (χ1n) is 7.53. The van der Waals surface area contributed by atoms with Crippen LogP contribution in [0.3, 0.4) is 0 Å². The highest BCUT2D eigenvalue weighted by Gasteiger charge is 2.06. The Hall–Kier alpha value is -2.34. The first kappa shape index (κ1) is 18.0. The second-order valence-electron chi connectivity index (χ2n) is 5.19. The van der Waals surface area contributed by atoms with Crippen LogP contribution in [-0.4, -0.2) is 23.3 Å². The Morgan fingerprint density at radius 1 is 1.25 bits per heavy atom. The quantitative estimate of drug-likeness (QED) is 0.584. The zero-order valence-corrected chi connectivity index (χ0v) is 15.1. The minimum Gasteiger partial charge on any atom is -0.508 e. The van der Waals surface area contributed by atoms with Crippen molar-refractivity contribution in [2.75, 3.05) is 6.61 Å². The lowest BCUT2D eigenvalue weighted by Crippen LogP contribution is -2.25. The summed E-state index contributed by atoms with van der Waals surface area (Å²) in [4.78, 5) is 11.8. The summed E-state index contributed by atoms with van der Waals surface area (Å²) in [6.07, 6.45) is 0.935. The van der Waals surface area contributed by atoms with Crippen molar-refractivity contribution < 1.29 is 14.6 Å². The number of halogens is 1. The molecule has 0 aliphatic carbocycles. The highest BCUT2D eigenvalue weighted by molar-refractivity contribution is 9.10. The average Bonchev–Trinajstić information content (AvgIpc) is 2.59. The molecular weight excluding hydrogens is 372 g/mol. The number of carbonyl (C=O) groups is 1. The molecule has 1 amide bonds. The van der Waals surface area contributed by atoms with E-state index in [0.717, 1.165) is 16.5 Å². The second kappa shape index (κ2) is 8.49. The number of nitrogens with zero attached hydrogens (tertiary/aromatic N) is 1. The molecule has 0 atom stereocenters. The van der Waals surface area contributed by atoms with Crippen LogP contribution in [0, 0.1) is 0 Å². The van der Waals surface area contributed by atoms with Crippen LogP contribution in [-0.2, 0) is 11.2 Å². The van der Waals surface area contributed by atoms with E-state index in [-0.39, 0.29) is 18.3 Å². The van der Waals surface area contributed by atoms with Gasteiger partial charge in [-0.1, -0.05) is 13.0 Å². The van der Waals surface area contributed by atoms with Gasteiger partial charge in [0, 0.05) is 0 Å². The standard InChI is InChI=1S/C18H19BrN2O3/c1-3-13-4-9-17(16(19)10-13)24-11-18(23)21-20-12(2)14-5-7-15(22)8-6-14/h4-10,22H,3,11H2,1-2H3,(H,21,23)/b20-12+. The molecule has 0 aromatic heterocycles. The fourth-order valence-corrected chi connectivity index (χ4v) is 2.51. The topological polar surface area (TPSA) is 70.9 Å². The number of phenols is 1. The fraction of sp³-hybridized carbons (Fsp3) is 0.222. The van der Waals surface area contributed by atoms with Crippen molar-refractivity contribution in [3.63, 3.8) is 0 Å². The van der Waals surface area contributed by atoms with E-state index >= 15 is 0 Å². The lowest BCUT2D eigenvalue weighted by Gasteiger charge is -2.09. The van der Waals surface area contributed by atoms with Gasteiger partial charge >= 0.3 is 0 Å². The summed E-state index contributed by atoms with van der Waals surface area (Å²) < 4.78 is 6.31. The zero-order chi connectivity index (χ0) is 17.5. The third-order valence-corrected chi connectivity index (χ3v) is 4.02. The summed E-state index contributed by atoms with van der Waals surface area (Å²) in [7, 11) is 0. The maximum absolute atomic E-state index is 11.8. The maximum Gasteiger partial charge on any atom is 0.277 e. The number of amides is 1. The number of nitrogens with one attached hydrogen (secondary N) is 1. The molecule has 0 fully saturated rings. The van der Waals surface area contributed by atoms with E-state index in [9.17, 15) is 9.90 Å². The van der Waals surface area contributed by atoms with Gasteiger partial charge in [-0.05, 0) is 76.8 Å². The summed E-state index contributed by atoms with van der Waals surface area (Å²) in [5.41, 5.74) is 5.09. The van der Waals surface area contributed by atoms with Gasteiger partial charge in [0.2, 0.25) is 0 Å². The largest absolute Gasteiger partial charge is 0.508 e. The van der Waals surface area contributed by atoms with Gasteiger partial charge in [0.15, 0.2) is 6.61 Å². The summed E-state index contributed by atoms with van der Waals surface area (Å²) in [6, 6.07) is 12.4. The van der Waals surface area contributed by atoms with Crippen LogP contribution in [0.2, 0.25) is 0 Å². The molecule has 2 rings (SSSR count). The first-order valence-corrected chi connectivity index (χ1v) is 8.32. The zero-order valence-electron chi connectivity index (χ0n) is 13.5. The van der Waals surface area contributed by atoms with Crippen LogP contribution in [0.5, 0.6) is 11.5 Å². The fourth-order valence-electron chi connectivity index (χ4n) is 1.97. The van der Waals surface area contributed by atoms with Crippen molar-refractivity contribution in [1.82, 2.24) is 5.43 Å². The molecule has 0 spiro atoms. The van der Waals surface area contributed by atoms with E-state index in [2.05, 4.69) is 33.4 Å². The SMILES string of the molecule is CCc1ccc(OCC(=O)N/N=C(\C)c2ccc(O)cc2)c(Br)c1. The minimum atomic E-state index is -0.348. The van der Waals surface area contributed by atoms with Crippen molar-refractivity contribution in [1.29, 1.82) is 0 Å². The lowest BCUT2D eigenvalue weighted by atomic mass is 10.1. The van der Waals surface area contributed by atoms with Crippen LogP contribution in [0.25, 0.3) is 0 Å². The summed E-state index contributed by atoms with van der Waals surface area (Å²) >= 11 is 3.43. The average molecular weight is 391 g/mol. The number of hydrogen-bond donors (Lipinski definition) is 2. The number of benzene rings is 2. The van der Waals surface area contributed by atoms with E-state index in [4.69, 9.17) is 4.74 Å². The van der Waals surface area contributed by atoms with Crippen molar-refractivity contribution >= 4 is 27.5 Å². The number of carbonyl (C=O) groups excluding carboxylic acids is 1. The molecular formula is C18H19BrN2O3. The number of aromatic hydroxyl groups is 1. The Bertz CT molecular complexity index is 742. The van der Waals surface area contributed by atoms with Gasteiger partial charge in [-0.2, -0.15) is 5.10 Å². The Morgan fingerprint density at radius 3 is 2.58 bits per heavy atom. The molecule has 5 nitrogen and oxygen atoms in total. The highest BCUT2D eigenvalue weighted by atomic mass is 79.9. The van der Waals surface area contributed by atoms with Gasteiger partial charge in [0.05, 0.1) is 10.2 Å². The number of hydrogen-bond acceptors (Lipinski definition) is 4. The molecule has 0 bridgehead atoms. The van der Waals surface area contributed by atoms with Gasteiger partial charge in [-0.15, -0.1) is 0 Å². The smallest absolute Gasteiger partial charge is 0.277 e. The van der Waals surface area contributed by atoms with E-state index in [1.807, 2.05) is 18.2 Å². The third-order valence-electron chi connectivity index (χ3n) is 3.40. The predicted octanol–water partition coefficient (Wildman–Crippen LogP) is 3.64. The molecule has 2 aromatic rings. The number of hydrazone groups is 1. The normalized spacial score (nSPS) is 11.2. The van der Waals surface area contributed by atoms with Gasteiger partial charge in [0.25, 0.3) is 5.91 Å². The van der Waals surface area contributed by atoms with Crippen molar-refractivity contribution in [2.24, 2.45) is 5.10 Å². The molecule has 2 aromatic carbocycles. The van der Waals surface area contributed by atoms with Gasteiger partial charge in [-0.25, -0.2) is 5.43 Å². The molecule has 0 heterocycles. The van der Waals surface area contributed by atoms with Crippen LogP contribution < -0.4 is 10.2 Å². The van der Waals surface area contributed by atoms with Crippen molar-refractivity contribution in [3.8, 4) is 11.5 Å². The van der Waals surface area contributed by atoms with E-state index in [0.29, 0.717) is 11.5 Å². The van der Waals surface area contributed by atoms with E-state index in [1.165, 1.54) is 5.56 Å². The van der Waals surface area contributed by atoms with E-state index < -0.39 is 0 Å². The van der Waals surface area contributed by atoms with Crippen molar-refractivity contribution in [3.05, 3.63) is 58.1 Å². The minimum absolute atomic E-state index is 0.129. The predicted molar refractivity (Wildman–Crippen MR) is 97.5 cm³/mol. The Kier molecular flexibility index (Phi) is 6.37. The van der Waals surface area contributed by atoms with Crippen molar-refractivity contribution in [2.45, 2.75) is 20.3 Å². The Labute approximate surface area is 149 Å². The van der Waals surface area contributed by atoms with Gasteiger partial charge in [-0.3, -0.25) is 4.79 Å². The molecule has 0 saturated heterocycles. The Balaban J connectivity index is 1.89. The second-order valence-corrected chi connectivity index (χ2v) is 6.04. The number of aryl methyl sites for hydroxylation is 1. The lowest BCUT2D eigenvalue weighted by molar-refractivity contribution is -0.123. The molecule has 2 N–H and O–H groups in total. The molecule has 0 radical (unpaired) electrons. The highest BCUT2D eigenvalue weighted by Crippen LogP contribution is 2.26. The summed E-state index contributed by atoms with van der Waals surface area (Å²) in [5.74, 6) is 0.449. The molecule has 0 aliphatic heterocycles. The summed E-state index contributed by atoms with van der Waals surface area (Å²) in [5, 5.41) is 13.3. The van der Waals surface area contributed by atoms with Gasteiger partial charge in [0.1, 0.15) is 11.5 Å². The molecule has 126 valence electrons. The third kappa shape index (κ3) is 5.09. The molecule has 0 saturated carbocycles. The molecule has 0 unspecified atom stereocenters. The molecule has 24 heavy (non-hydrogen) atoms. The van der Waals surface area contributed by atoms with Gasteiger partial charge < -0.3 is 9.84 Å². The molecule has 6 heteroatoms. The maximum atomic E-state index is 11.8. The van der Waals surface area contributed by atoms with Crippen LogP contribution >= 0.6 is 15.9 Å². The Morgan fingerprint density at radius 2 is 1.96 bits per heavy atom. The number of phenolic OH excluding ortho intramolecular Hbond substituents is 1. The summed E-state index contributed by atoms with van der Waals surface area (Å²) in [6.45, 7) is 3.72. The number of ether oxygens (including phenoxy) is 1. The van der Waals surface area contributed by atoms with Crippen LogP contribution in [0.4, 0.5) is 0 Å². The van der Waals surface area contributed by atoms with E-state index in [1.54, 1.807) is 31.2 Å². The molecule has 0 aliphatic rings. The monoisotopic (exact) mass is 390 g/mol. The van der Waals surface area contributed by atoms with Crippen LogP contribution in [0.15, 0.2) is 52.0 Å². The first-order chi connectivity index (χ1) is 11.5.